The van der Waals surface area contributed by atoms with Gasteiger partial charge in [0.05, 0.1) is 12.8 Å². The molecule has 20 heavy (non-hydrogen) atoms. The van der Waals surface area contributed by atoms with Gasteiger partial charge in [-0.1, -0.05) is 11.6 Å². The van der Waals surface area contributed by atoms with E-state index in [1.807, 2.05) is 13.8 Å². The quantitative estimate of drug-likeness (QED) is 0.918. The molecule has 2 rings (SSSR count). The van der Waals surface area contributed by atoms with E-state index in [0.29, 0.717) is 29.7 Å². The zero-order valence-corrected chi connectivity index (χ0v) is 13.3. The van der Waals surface area contributed by atoms with Gasteiger partial charge in [0.25, 0.3) is 0 Å². The fourth-order valence-electron chi connectivity index (χ4n) is 1.82. The highest BCUT2D eigenvalue weighted by molar-refractivity contribution is 7.11. The molecule has 0 aliphatic rings. The molecule has 0 bridgehead atoms. The summed E-state index contributed by atoms with van der Waals surface area (Å²) >= 11 is 7.65. The Labute approximate surface area is 127 Å². The van der Waals surface area contributed by atoms with Gasteiger partial charge in [-0.15, -0.1) is 11.3 Å². The van der Waals surface area contributed by atoms with E-state index in [1.54, 1.807) is 30.6 Å². The molecule has 0 unspecified atom stereocenters. The number of nitrogens with zero attached hydrogens (tertiary/aromatic N) is 1. The number of hydrogen-bond acceptors (Lipinski definition) is 5. The number of benzene rings is 1. The van der Waals surface area contributed by atoms with Crippen molar-refractivity contribution in [1.82, 2.24) is 4.98 Å². The first-order valence-corrected chi connectivity index (χ1v) is 7.36. The number of rotatable bonds is 5. The number of nitrogens with two attached hydrogens (primary N) is 1. The van der Waals surface area contributed by atoms with Crippen molar-refractivity contribution in [3.05, 3.63) is 38.3 Å². The maximum Gasteiger partial charge on any atom is 0.166 e. The minimum absolute atomic E-state index is 0.335. The number of hydrogen-bond donors (Lipinski definition) is 1. The van der Waals surface area contributed by atoms with Crippen LogP contribution in [0.5, 0.6) is 11.5 Å². The van der Waals surface area contributed by atoms with E-state index in [2.05, 4.69) is 4.98 Å². The highest BCUT2D eigenvalue weighted by Gasteiger charge is 2.13. The molecule has 0 aliphatic heterocycles. The predicted molar refractivity (Wildman–Crippen MR) is 81.8 cm³/mol. The van der Waals surface area contributed by atoms with Crippen molar-refractivity contribution in [2.75, 3.05) is 7.11 Å². The van der Waals surface area contributed by atoms with Crippen molar-refractivity contribution < 1.29 is 9.47 Å². The number of thiazole rings is 1. The highest BCUT2D eigenvalue weighted by atomic mass is 35.5. The molecular weight excluding hydrogens is 296 g/mol. The van der Waals surface area contributed by atoms with E-state index in [1.165, 1.54) is 4.88 Å². The monoisotopic (exact) mass is 312 g/mol. The van der Waals surface area contributed by atoms with E-state index in [-0.39, 0.29) is 0 Å². The van der Waals surface area contributed by atoms with Crippen LogP contribution in [0.4, 0.5) is 0 Å². The number of aromatic nitrogens is 1. The van der Waals surface area contributed by atoms with Crippen molar-refractivity contribution in [3.63, 3.8) is 0 Å². The van der Waals surface area contributed by atoms with E-state index in [9.17, 15) is 0 Å². The number of methoxy groups -OCH3 is 1. The summed E-state index contributed by atoms with van der Waals surface area (Å²) in [5.74, 6) is 1.22. The summed E-state index contributed by atoms with van der Waals surface area (Å²) in [4.78, 5) is 5.65. The van der Waals surface area contributed by atoms with Crippen LogP contribution in [0.25, 0.3) is 0 Å². The Hall–Kier alpha value is -1.30. The summed E-state index contributed by atoms with van der Waals surface area (Å²) in [5, 5.41) is 1.51. The van der Waals surface area contributed by atoms with Gasteiger partial charge < -0.3 is 15.2 Å². The first kappa shape index (κ1) is 15.1. The van der Waals surface area contributed by atoms with Crippen LogP contribution in [0.1, 0.15) is 21.1 Å². The second kappa shape index (κ2) is 6.43. The standard InChI is InChI=1S/C14H17ClN2O2S/c1-8-9(2)20-13(17-8)7-19-14-10(6-16)4-11(15)5-12(14)18-3/h4-5H,6-7,16H2,1-3H3. The van der Waals surface area contributed by atoms with Crippen LogP contribution in [0.3, 0.4) is 0 Å². The van der Waals surface area contributed by atoms with E-state index >= 15 is 0 Å². The molecule has 0 saturated carbocycles. The molecule has 1 aromatic carbocycles. The van der Waals surface area contributed by atoms with Crippen molar-refractivity contribution in [2.45, 2.75) is 27.0 Å². The largest absolute Gasteiger partial charge is 0.493 e. The zero-order chi connectivity index (χ0) is 14.7. The van der Waals surface area contributed by atoms with E-state index < -0.39 is 0 Å². The summed E-state index contributed by atoms with van der Waals surface area (Å²) in [6.45, 7) is 4.76. The second-order valence-electron chi connectivity index (χ2n) is 4.34. The van der Waals surface area contributed by atoms with Crippen LogP contribution >= 0.6 is 22.9 Å². The third-order valence-corrected chi connectivity index (χ3v) is 4.21. The van der Waals surface area contributed by atoms with Crippen LogP contribution in [0, 0.1) is 13.8 Å². The maximum atomic E-state index is 6.02. The van der Waals surface area contributed by atoms with E-state index in [4.69, 9.17) is 26.8 Å². The molecule has 0 radical (unpaired) electrons. The lowest BCUT2D eigenvalue weighted by Crippen LogP contribution is -2.04. The zero-order valence-electron chi connectivity index (χ0n) is 11.7. The number of ether oxygens (including phenoxy) is 2. The molecule has 4 nitrogen and oxygen atoms in total. The van der Waals surface area contributed by atoms with Gasteiger partial charge in [0, 0.05) is 28.1 Å². The van der Waals surface area contributed by atoms with Gasteiger partial charge in [-0.25, -0.2) is 4.98 Å². The molecule has 1 heterocycles. The Bertz CT molecular complexity index is 569. The Morgan fingerprint density at radius 2 is 2.10 bits per heavy atom. The van der Waals surface area contributed by atoms with Gasteiger partial charge in [0.1, 0.15) is 11.6 Å². The van der Waals surface area contributed by atoms with Gasteiger partial charge in [-0.05, 0) is 19.9 Å². The molecule has 0 atom stereocenters. The molecule has 0 fully saturated rings. The van der Waals surface area contributed by atoms with Crippen LogP contribution in [0.15, 0.2) is 12.1 Å². The van der Waals surface area contributed by atoms with Crippen LogP contribution in [0.2, 0.25) is 5.02 Å². The van der Waals surface area contributed by atoms with Gasteiger partial charge in [0.2, 0.25) is 0 Å². The molecule has 0 spiro atoms. The Balaban J connectivity index is 2.23. The normalized spacial score (nSPS) is 10.7. The fraction of sp³-hybridized carbons (Fsp3) is 0.357. The lowest BCUT2D eigenvalue weighted by Gasteiger charge is -2.14. The van der Waals surface area contributed by atoms with Gasteiger partial charge in [-0.3, -0.25) is 0 Å². The third kappa shape index (κ3) is 3.23. The highest BCUT2D eigenvalue weighted by Crippen LogP contribution is 2.35. The van der Waals surface area contributed by atoms with Gasteiger partial charge in [-0.2, -0.15) is 0 Å². The molecule has 1 aromatic heterocycles. The van der Waals surface area contributed by atoms with Crippen LogP contribution in [-0.2, 0) is 13.2 Å². The molecule has 0 amide bonds. The first-order chi connectivity index (χ1) is 9.55. The third-order valence-electron chi connectivity index (χ3n) is 2.95. The van der Waals surface area contributed by atoms with Crippen molar-refractivity contribution in [1.29, 1.82) is 0 Å². The average molecular weight is 313 g/mol. The summed E-state index contributed by atoms with van der Waals surface area (Å²) in [6, 6.07) is 3.51. The topological polar surface area (TPSA) is 57.4 Å². The smallest absolute Gasteiger partial charge is 0.166 e. The van der Waals surface area contributed by atoms with Crippen molar-refractivity contribution in [2.24, 2.45) is 5.73 Å². The number of aryl methyl sites for hydroxylation is 2. The second-order valence-corrected chi connectivity index (χ2v) is 6.06. The van der Waals surface area contributed by atoms with Crippen molar-refractivity contribution in [3.8, 4) is 11.5 Å². The fourth-order valence-corrected chi connectivity index (χ4v) is 2.90. The molecular formula is C14H17ClN2O2S. The molecule has 108 valence electrons. The lowest BCUT2D eigenvalue weighted by molar-refractivity contribution is 0.281. The number of halogens is 1. The molecule has 6 heteroatoms. The Morgan fingerprint density at radius 3 is 2.65 bits per heavy atom. The maximum absolute atomic E-state index is 6.02. The summed E-state index contributed by atoms with van der Waals surface area (Å²) in [5.41, 5.74) is 7.59. The van der Waals surface area contributed by atoms with Gasteiger partial charge in [0.15, 0.2) is 11.5 Å². The Kier molecular flexibility index (Phi) is 4.86. The van der Waals surface area contributed by atoms with Crippen LogP contribution in [-0.4, -0.2) is 12.1 Å². The SMILES string of the molecule is COc1cc(Cl)cc(CN)c1OCc1nc(C)c(C)s1. The lowest BCUT2D eigenvalue weighted by atomic mass is 10.2. The predicted octanol–water partition coefficient (Wildman–Crippen LogP) is 3.46. The minimum atomic E-state index is 0.335. The minimum Gasteiger partial charge on any atom is -0.493 e. The molecule has 0 saturated heterocycles. The van der Waals surface area contributed by atoms with Gasteiger partial charge >= 0.3 is 0 Å². The summed E-state index contributed by atoms with van der Waals surface area (Å²) < 4.78 is 11.1. The summed E-state index contributed by atoms with van der Waals surface area (Å²) in [6.07, 6.45) is 0. The molecule has 0 aliphatic carbocycles. The molecule has 2 aromatic rings. The summed E-state index contributed by atoms with van der Waals surface area (Å²) in [7, 11) is 1.58. The Morgan fingerprint density at radius 1 is 1.35 bits per heavy atom. The van der Waals surface area contributed by atoms with E-state index in [0.717, 1.165) is 16.3 Å². The van der Waals surface area contributed by atoms with Crippen LogP contribution < -0.4 is 15.2 Å². The first-order valence-electron chi connectivity index (χ1n) is 6.17. The average Bonchev–Trinajstić information content (AvgIpc) is 2.75. The van der Waals surface area contributed by atoms with Crippen molar-refractivity contribution >= 4 is 22.9 Å². The molecule has 2 N–H and O–H groups in total.